The summed E-state index contributed by atoms with van der Waals surface area (Å²) in [6.45, 7) is 0.128. The zero-order valence-electron chi connectivity index (χ0n) is 11.2. The van der Waals surface area contributed by atoms with Crippen LogP contribution in [0.1, 0.15) is 10.5 Å². The molecule has 2 N–H and O–H groups in total. The predicted molar refractivity (Wildman–Crippen MR) is 71.1 cm³/mol. The number of aliphatic carboxylic acids is 1. The fraction of sp³-hybridized carbons (Fsp3) is 0.273. The summed E-state index contributed by atoms with van der Waals surface area (Å²) in [6.07, 6.45) is 3.77. The van der Waals surface area contributed by atoms with Gasteiger partial charge in [-0.05, 0) is 6.07 Å². The average Bonchev–Trinajstić information content (AvgIpc) is 3.07. The van der Waals surface area contributed by atoms with Gasteiger partial charge in [-0.3, -0.25) is 29.1 Å². The summed E-state index contributed by atoms with van der Waals surface area (Å²) in [4.78, 5) is 32.2. The number of nitrogens with one attached hydrogen (secondary N) is 1. The first kappa shape index (κ1) is 15.2. The molecule has 11 heteroatoms. The van der Waals surface area contributed by atoms with Crippen LogP contribution in [0.4, 0.5) is 5.69 Å². The van der Waals surface area contributed by atoms with Crippen molar-refractivity contribution in [3.8, 4) is 0 Å². The first-order chi connectivity index (χ1) is 10.5. The Balaban J connectivity index is 1.83. The number of rotatable bonds is 7. The molecule has 0 fully saturated rings. The average molecular weight is 308 g/mol. The van der Waals surface area contributed by atoms with Crippen molar-refractivity contribution >= 4 is 17.6 Å². The van der Waals surface area contributed by atoms with Crippen molar-refractivity contribution in [1.82, 2.24) is 24.9 Å². The first-order valence-electron chi connectivity index (χ1n) is 6.16. The Kier molecular flexibility index (Phi) is 4.46. The highest BCUT2D eigenvalue weighted by molar-refractivity contribution is 5.92. The highest BCUT2D eigenvalue weighted by Gasteiger charge is 2.11. The van der Waals surface area contributed by atoms with E-state index in [1.165, 1.54) is 23.1 Å². The van der Waals surface area contributed by atoms with Gasteiger partial charge in [-0.25, -0.2) is 0 Å². The van der Waals surface area contributed by atoms with E-state index in [-0.39, 0.29) is 31.0 Å². The number of hydrogen-bond donors (Lipinski definition) is 2. The molecular weight excluding hydrogens is 296 g/mol. The number of nitrogens with zero attached hydrogens (tertiary/aromatic N) is 5. The van der Waals surface area contributed by atoms with E-state index in [2.05, 4.69) is 15.5 Å². The normalized spacial score (nSPS) is 10.4. The van der Waals surface area contributed by atoms with Crippen LogP contribution >= 0.6 is 0 Å². The van der Waals surface area contributed by atoms with Gasteiger partial charge in [-0.1, -0.05) is 0 Å². The molecule has 0 aliphatic rings. The number of carbonyl (C=O) groups is 2. The first-order valence-corrected chi connectivity index (χ1v) is 6.16. The van der Waals surface area contributed by atoms with E-state index in [9.17, 15) is 19.7 Å². The molecule has 1 amide bonds. The van der Waals surface area contributed by atoms with Crippen molar-refractivity contribution in [2.45, 2.75) is 13.1 Å². The van der Waals surface area contributed by atoms with Crippen molar-refractivity contribution in [1.29, 1.82) is 0 Å². The van der Waals surface area contributed by atoms with Gasteiger partial charge in [0.05, 0.1) is 11.5 Å². The van der Waals surface area contributed by atoms with Gasteiger partial charge in [0.15, 0.2) is 0 Å². The minimum absolute atomic E-state index is 0.0905. The molecule has 22 heavy (non-hydrogen) atoms. The lowest BCUT2D eigenvalue weighted by Crippen LogP contribution is -2.28. The molecule has 0 bridgehead atoms. The molecule has 0 unspecified atom stereocenters. The van der Waals surface area contributed by atoms with E-state index in [1.807, 2.05) is 0 Å². The van der Waals surface area contributed by atoms with Crippen LogP contribution in [0.25, 0.3) is 0 Å². The zero-order valence-corrected chi connectivity index (χ0v) is 11.2. The van der Waals surface area contributed by atoms with E-state index in [4.69, 9.17) is 5.11 Å². The van der Waals surface area contributed by atoms with E-state index in [0.29, 0.717) is 0 Å². The Morgan fingerprint density at radius 2 is 2.18 bits per heavy atom. The van der Waals surface area contributed by atoms with Crippen molar-refractivity contribution < 1.29 is 19.6 Å². The summed E-state index contributed by atoms with van der Waals surface area (Å²) < 4.78 is 2.47. The van der Waals surface area contributed by atoms with Crippen LogP contribution in [0.5, 0.6) is 0 Å². The van der Waals surface area contributed by atoms with Gasteiger partial charge in [-0.15, -0.1) is 0 Å². The number of amides is 1. The Labute approximate surface area is 123 Å². The van der Waals surface area contributed by atoms with Crippen LogP contribution < -0.4 is 5.32 Å². The SMILES string of the molecule is O=C(O)Cn1ccc(C(=O)NCCn2cc([N+](=O)[O-])cn2)n1. The summed E-state index contributed by atoms with van der Waals surface area (Å²) in [5.74, 6) is -1.53. The largest absolute Gasteiger partial charge is 0.480 e. The maximum Gasteiger partial charge on any atom is 0.325 e. The molecule has 0 aliphatic carbocycles. The fourth-order valence-electron chi connectivity index (χ4n) is 1.65. The lowest BCUT2D eigenvalue weighted by Gasteiger charge is -2.03. The second kappa shape index (κ2) is 6.47. The number of hydrogen-bond acceptors (Lipinski definition) is 6. The van der Waals surface area contributed by atoms with Crippen LogP contribution in [-0.4, -0.2) is 48.0 Å². The Bertz CT molecular complexity index is 705. The molecule has 2 rings (SSSR count). The van der Waals surface area contributed by atoms with E-state index < -0.39 is 16.8 Å². The fourth-order valence-corrected chi connectivity index (χ4v) is 1.65. The molecule has 2 aromatic rings. The quantitative estimate of drug-likeness (QED) is 0.518. The molecule has 2 heterocycles. The van der Waals surface area contributed by atoms with Gasteiger partial charge in [0.25, 0.3) is 5.91 Å². The van der Waals surface area contributed by atoms with E-state index in [1.54, 1.807) is 0 Å². The number of carbonyl (C=O) groups excluding carboxylic acids is 1. The van der Waals surface area contributed by atoms with Crippen molar-refractivity contribution in [2.24, 2.45) is 0 Å². The third-order valence-corrected chi connectivity index (χ3v) is 2.63. The molecule has 0 radical (unpaired) electrons. The van der Waals surface area contributed by atoms with Gasteiger partial charge in [0.2, 0.25) is 0 Å². The van der Waals surface area contributed by atoms with Crippen LogP contribution in [0, 0.1) is 10.1 Å². The Morgan fingerprint density at radius 3 is 2.82 bits per heavy atom. The lowest BCUT2D eigenvalue weighted by molar-refractivity contribution is -0.385. The van der Waals surface area contributed by atoms with Crippen molar-refractivity contribution in [3.63, 3.8) is 0 Å². The van der Waals surface area contributed by atoms with Crippen molar-refractivity contribution in [3.05, 3.63) is 40.5 Å². The summed E-state index contributed by atoms with van der Waals surface area (Å²) in [7, 11) is 0. The molecule has 0 atom stereocenters. The predicted octanol–water partition coefficient (Wildman–Crippen LogP) is -0.498. The van der Waals surface area contributed by atoms with E-state index in [0.717, 1.165) is 10.9 Å². The monoisotopic (exact) mass is 308 g/mol. The molecule has 0 spiro atoms. The van der Waals surface area contributed by atoms with Crippen LogP contribution in [-0.2, 0) is 17.9 Å². The zero-order chi connectivity index (χ0) is 16.1. The minimum Gasteiger partial charge on any atom is -0.480 e. The second-order valence-electron chi connectivity index (χ2n) is 4.27. The summed E-state index contributed by atoms with van der Waals surface area (Å²) in [6, 6.07) is 1.40. The Hall–Kier alpha value is -3.24. The summed E-state index contributed by atoms with van der Waals surface area (Å²) >= 11 is 0. The number of aromatic nitrogens is 4. The molecule has 11 nitrogen and oxygen atoms in total. The van der Waals surface area contributed by atoms with Crippen molar-refractivity contribution in [2.75, 3.05) is 6.54 Å². The maximum absolute atomic E-state index is 11.8. The number of carboxylic acid groups (broad SMARTS) is 1. The third-order valence-electron chi connectivity index (χ3n) is 2.63. The van der Waals surface area contributed by atoms with Gasteiger partial charge in [-0.2, -0.15) is 10.2 Å². The molecular formula is C11H12N6O5. The van der Waals surface area contributed by atoms with Gasteiger partial charge >= 0.3 is 11.7 Å². The topological polar surface area (TPSA) is 145 Å². The highest BCUT2D eigenvalue weighted by Crippen LogP contribution is 2.07. The smallest absolute Gasteiger partial charge is 0.325 e. The van der Waals surface area contributed by atoms with Crippen LogP contribution in [0.2, 0.25) is 0 Å². The number of carboxylic acids is 1. The molecule has 0 aliphatic heterocycles. The highest BCUT2D eigenvalue weighted by atomic mass is 16.6. The summed E-state index contributed by atoms with van der Waals surface area (Å²) in [5.41, 5.74) is -0.0357. The van der Waals surface area contributed by atoms with Gasteiger partial charge < -0.3 is 10.4 Å². The van der Waals surface area contributed by atoms with Crippen LogP contribution in [0.3, 0.4) is 0 Å². The maximum atomic E-state index is 11.8. The number of nitro groups is 1. The molecule has 0 aromatic carbocycles. The van der Waals surface area contributed by atoms with Crippen LogP contribution in [0.15, 0.2) is 24.7 Å². The Morgan fingerprint density at radius 1 is 1.41 bits per heavy atom. The standard InChI is InChI=1S/C11H12N6O5/c18-10(19)7-16-3-1-9(14-16)11(20)12-2-4-15-6-8(5-13-15)17(21)22/h1,3,5-6H,2,4,7H2,(H,12,20)(H,18,19). The molecule has 116 valence electrons. The van der Waals surface area contributed by atoms with E-state index >= 15 is 0 Å². The van der Waals surface area contributed by atoms with Gasteiger partial charge in [0, 0.05) is 12.7 Å². The van der Waals surface area contributed by atoms with Gasteiger partial charge in [0.1, 0.15) is 24.6 Å². The summed E-state index contributed by atoms with van der Waals surface area (Å²) in [5, 5.41) is 29.3. The second-order valence-corrected chi connectivity index (χ2v) is 4.27. The lowest BCUT2D eigenvalue weighted by atomic mass is 10.4. The molecule has 0 saturated heterocycles. The third kappa shape index (κ3) is 3.88. The minimum atomic E-state index is -1.06. The molecule has 0 saturated carbocycles. The molecule has 2 aromatic heterocycles.